The third-order valence-electron chi connectivity index (χ3n) is 13.2. The van der Waals surface area contributed by atoms with Crippen LogP contribution in [0.25, 0.3) is 0 Å². The fourth-order valence-electron chi connectivity index (χ4n) is 8.50. The second kappa shape index (κ2) is 55.2. The van der Waals surface area contributed by atoms with Crippen molar-refractivity contribution in [1.29, 1.82) is 0 Å². The minimum Gasteiger partial charge on any atom is -0.756 e. The normalized spacial score (nSPS) is 13.8. The highest BCUT2D eigenvalue weighted by molar-refractivity contribution is 7.45. The average Bonchev–Trinajstić information content (AvgIpc) is 3.36. The predicted molar refractivity (Wildman–Crippen MR) is 314 cm³/mol. The molecule has 9 nitrogen and oxygen atoms in total. The van der Waals surface area contributed by atoms with Gasteiger partial charge in [-0.2, -0.15) is 0 Å². The number of phosphoric acid groups is 1. The lowest BCUT2D eigenvalue weighted by Gasteiger charge is -2.28. The summed E-state index contributed by atoms with van der Waals surface area (Å²) < 4.78 is 34.2. The number of likely N-dealkylation sites (N-methyl/N-ethyl adjacent to an activating group) is 1. The van der Waals surface area contributed by atoms with Crippen LogP contribution < -0.4 is 4.89 Å². The van der Waals surface area contributed by atoms with E-state index in [0.717, 1.165) is 70.6 Å². The number of nitrogens with zero attached hydrogens (tertiary/aromatic N) is 1. The van der Waals surface area contributed by atoms with Gasteiger partial charge in [0.15, 0.2) is 6.10 Å². The molecule has 0 saturated heterocycles. The molecule has 430 valence electrons. The molecule has 0 heterocycles. The van der Waals surface area contributed by atoms with Gasteiger partial charge in [-0.1, -0.05) is 247 Å². The topological polar surface area (TPSA) is 111 Å². The zero-order chi connectivity index (χ0) is 54.2. The van der Waals surface area contributed by atoms with E-state index >= 15 is 0 Å². The molecule has 0 radical (unpaired) electrons. The van der Waals surface area contributed by atoms with Crippen LogP contribution in [0.3, 0.4) is 0 Å². The third kappa shape index (κ3) is 58.7. The van der Waals surface area contributed by atoms with Gasteiger partial charge in [0.25, 0.3) is 7.82 Å². The molecule has 10 heteroatoms. The number of esters is 2. The largest absolute Gasteiger partial charge is 0.756 e. The van der Waals surface area contributed by atoms with Crippen molar-refractivity contribution in [1.82, 2.24) is 0 Å². The molecule has 0 bridgehead atoms. The van der Waals surface area contributed by atoms with Gasteiger partial charge >= 0.3 is 11.9 Å². The Bertz CT molecular complexity index is 1480. The molecule has 0 fully saturated rings. The summed E-state index contributed by atoms with van der Waals surface area (Å²) >= 11 is 0. The molecule has 0 amide bonds. The van der Waals surface area contributed by atoms with Crippen molar-refractivity contribution >= 4 is 19.8 Å². The summed E-state index contributed by atoms with van der Waals surface area (Å²) in [4.78, 5) is 37.9. The van der Waals surface area contributed by atoms with Crippen molar-refractivity contribution in [2.75, 3.05) is 47.5 Å². The molecule has 0 rings (SSSR count). The summed E-state index contributed by atoms with van der Waals surface area (Å²) in [6, 6.07) is 0. The Hall–Kier alpha value is -2.55. The fourth-order valence-corrected chi connectivity index (χ4v) is 9.23. The molecule has 0 aromatic rings. The van der Waals surface area contributed by atoms with Gasteiger partial charge in [0, 0.05) is 12.8 Å². The standard InChI is InChI=1S/C64H116NO8P/c1-6-8-10-12-14-16-18-20-22-24-26-28-30-31-32-33-35-37-39-41-43-45-47-49-51-53-55-57-64(67)73-62(61-72-74(68,69)71-59-58-65(3,4)5)60-70-63(66)56-54-52-50-48-46-44-42-40-38-36-34-29-27-25-23-21-19-17-15-13-11-9-7-2/h8,10,14,16,19-22,25-28,62H,6-7,9,11-13,15,17-18,23-24,29-61H2,1-5H3/b10-8-,16-14-,21-19-,22-20-,27-25-,28-26-. The quantitative estimate of drug-likeness (QED) is 0.0195. The predicted octanol–water partition coefficient (Wildman–Crippen LogP) is 18.6. The molecule has 0 aromatic carbocycles. The SMILES string of the molecule is CC/C=C\C/C=C\C/C=C\C/C=C\CCCCCCCCCCCCCCCCC(=O)OC(COC(=O)CCCCCCCCCCCCC/C=C\C/C=C\CCCCCCC)COP(=O)([O-])OCC[N+](C)(C)C. The van der Waals surface area contributed by atoms with Crippen molar-refractivity contribution in [2.45, 2.75) is 277 Å². The van der Waals surface area contributed by atoms with E-state index in [2.05, 4.69) is 86.8 Å². The molecular weight excluding hydrogens is 942 g/mol. The van der Waals surface area contributed by atoms with E-state index in [4.69, 9.17) is 18.5 Å². The van der Waals surface area contributed by atoms with Crippen LogP contribution in [0, 0.1) is 0 Å². The van der Waals surface area contributed by atoms with Crippen molar-refractivity contribution in [3.05, 3.63) is 72.9 Å². The maximum Gasteiger partial charge on any atom is 0.306 e. The number of hydrogen-bond acceptors (Lipinski definition) is 8. The number of carbonyl (C=O) groups is 2. The first-order valence-corrected chi connectivity index (χ1v) is 32.1. The van der Waals surface area contributed by atoms with E-state index in [1.54, 1.807) is 0 Å². The Morgan fingerprint density at radius 2 is 0.770 bits per heavy atom. The number of phosphoric ester groups is 1. The first-order valence-electron chi connectivity index (χ1n) is 30.6. The number of hydrogen-bond donors (Lipinski definition) is 0. The molecule has 0 spiro atoms. The van der Waals surface area contributed by atoms with Gasteiger partial charge in [0.05, 0.1) is 27.7 Å². The monoisotopic (exact) mass is 1060 g/mol. The number of ether oxygens (including phenoxy) is 2. The zero-order valence-electron chi connectivity index (χ0n) is 48.8. The Labute approximate surface area is 457 Å². The summed E-state index contributed by atoms with van der Waals surface area (Å²) in [5.74, 6) is -0.830. The number of quaternary nitrogens is 1. The summed E-state index contributed by atoms with van der Waals surface area (Å²) in [6.45, 7) is 4.14. The van der Waals surface area contributed by atoms with Crippen LogP contribution in [0.4, 0.5) is 0 Å². The Morgan fingerprint density at radius 3 is 1.15 bits per heavy atom. The maximum absolute atomic E-state index is 12.8. The zero-order valence-corrected chi connectivity index (χ0v) is 49.7. The lowest BCUT2D eigenvalue weighted by atomic mass is 10.0. The second-order valence-electron chi connectivity index (χ2n) is 21.7. The summed E-state index contributed by atoms with van der Waals surface area (Å²) in [5.41, 5.74) is 0. The Kier molecular flexibility index (Phi) is 53.3. The van der Waals surface area contributed by atoms with Gasteiger partial charge in [-0.3, -0.25) is 14.2 Å². The van der Waals surface area contributed by atoms with E-state index in [1.807, 2.05) is 21.1 Å². The maximum atomic E-state index is 12.8. The van der Waals surface area contributed by atoms with Crippen LogP contribution in [0.2, 0.25) is 0 Å². The molecule has 0 N–H and O–H groups in total. The van der Waals surface area contributed by atoms with Crippen molar-refractivity contribution < 1.29 is 42.1 Å². The van der Waals surface area contributed by atoms with Gasteiger partial charge < -0.3 is 27.9 Å². The average molecular weight is 1060 g/mol. The molecule has 0 aromatic heterocycles. The van der Waals surface area contributed by atoms with Crippen LogP contribution in [0.1, 0.15) is 271 Å². The molecule has 0 aliphatic heterocycles. The van der Waals surface area contributed by atoms with E-state index in [0.29, 0.717) is 17.4 Å². The van der Waals surface area contributed by atoms with E-state index < -0.39 is 26.5 Å². The van der Waals surface area contributed by atoms with Crippen molar-refractivity contribution in [3.63, 3.8) is 0 Å². The molecule has 2 unspecified atom stereocenters. The summed E-state index contributed by atoms with van der Waals surface area (Å²) in [6.07, 6.45) is 72.3. The van der Waals surface area contributed by atoms with Crippen LogP contribution in [-0.2, 0) is 32.7 Å². The first kappa shape index (κ1) is 71.5. The van der Waals surface area contributed by atoms with Crippen LogP contribution in [-0.4, -0.2) is 70.0 Å². The highest BCUT2D eigenvalue weighted by Crippen LogP contribution is 2.38. The smallest absolute Gasteiger partial charge is 0.306 e. The van der Waals surface area contributed by atoms with E-state index in [-0.39, 0.29) is 32.0 Å². The van der Waals surface area contributed by atoms with Gasteiger partial charge in [-0.25, -0.2) is 0 Å². The van der Waals surface area contributed by atoms with Crippen LogP contribution >= 0.6 is 7.82 Å². The summed E-state index contributed by atoms with van der Waals surface area (Å²) in [5, 5.41) is 0. The van der Waals surface area contributed by atoms with Gasteiger partial charge in [-0.05, 0) is 83.5 Å². The fraction of sp³-hybridized carbons (Fsp3) is 0.781. The lowest BCUT2D eigenvalue weighted by Crippen LogP contribution is -2.37. The van der Waals surface area contributed by atoms with Gasteiger partial charge in [0.2, 0.25) is 0 Å². The minimum absolute atomic E-state index is 0.0327. The number of carbonyl (C=O) groups excluding carboxylic acids is 2. The van der Waals surface area contributed by atoms with Gasteiger partial charge in [-0.15, -0.1) is 0 Å². The molecule has 74 heavy (non-hydrogen) atoms. The van der Waals surface area contributed by atoms with Crippen molar-refractivity contribution in [3.8, 4) is 0 Å². The van der Waals surface area contributed by atoms with Crippen LogP contribution in [0.15, 0.2) is 72.9 Å². The van der Waals surface area contributed by atoms with Gasteiger partial charge in [0.1, 0.15) is 19.8 Å². The summed E-state index contributed by atoms with van der Waals surface area (Å²) in [7, 11) is 1.17. The Morgan fingerprint density at radius 1 is 0.432 bits per heavy atom. The Balaban J connectivity index is 4.13. The molecule has 0 aliphatic carbocycles. The lowest BCUT2D eigenvalue weighted by molar-refractivity contribution is -0.870. The molecule has 0 aliphatic rings. The first-order chi connectivity index (χ1) is 36.0. The number of rotatable bonds is 56. The van der Waals surface area contributed by atoms with E-state index in [1.165, 1.54) is 167 Å². The van der Waals surface area contributed by atoms with Crippen LogP contribution in [0.5, 0.6) is 0 Å². The number of unbranched alkanes of at least 4 members (excludes halogenated alkanes) is 30. The number of allylic oxidation sites excluding steroid dienone is 12. The molecular formula is C64H116NO8P. The van der Waals surface area contributed by atoms with E-state index in [9.17, 15) is 19.0 Å². The van der Waals surface area contributed by atoms with Crippen molar-refractivity contribution in [2.24, 2.45) is 0 Å². The molecule has 0 saturated carbocycles. The minimum atomic E-state index is -4.64. The third-order valence-corrected chi connectivity index (χ3v) is 14.2. The second-order valence-corrected chi connectivity index (χ2v) is 23.1. The molecule has 2 atom stereocenters. The highest BCUT2D eigenvalue weighted by Gasteiger charge is 2.22. The highest BCUT2D eigenvalue weighted by atomic mass is 31.2.